The maximum Gasteiger partial charge on any atom is 0.261 e. The van der Waals surface area contributed by atoms with Gasteiger partial charge in [0, 0.05) is 16.2 Å². The van der Waals surface area contributed by atoms with E-state index in [-0.39, 0.29) is 17.1 Å². The number of hydrogen-bond donors (Lipinski definition) is 3. The molecule has 0 spiro atoms. The average Bonchev–Trinajstić information content (AvgIpc) is 2.79. The lowest BCUT2D eigenvalue weighted by atomic mass is 9.95. The van der Waals surface area contributed by atoms with Gasteiger partial charge >= 0.3 is 0 Å². The molecule has 0 bridgehead atoms. The van der Waals surface area contributed by atoms with Gasteiger partial charge in [-0.3, -0.25) is 14.9 Å². The van der Waals surface area contributed by atoms with Gasteiger partial charge in [0.2, 0.25) is 0 Å². The molecule has 0 unspecified atom stereocenters. The van der Waals surface area contributed by atoms with E-state index in [1.807, 2.05) is 19.9 Å². The Balaban J connectivity index is 1.66. The summed E-state index contributed by atoms with van der Waals surface area (Å²) in [7, 11) is 0. The van der Waals surface area contributed by atoms with Gasteiger partial charge in [-0.05, 0) is 67.4 Å². The number of nitrogens with one attached hydrogen (secondary N) is 3. The van der Waals surface area contributed by atoms with Crippen LogP contribution >= 0.6 is 39.7 Å². The Kier molecular flexibility index (Phi) is 9.74. The van der Waals surface area contributed by atoms with Gasteiger partial charge in [-0.1, -0.05) is 60.6 Å². The van der Waals surface area contributed by atoms with Crippen molar-refractivity contribution < 1.29 is 14.3 Å². The minimum atomic E-state index is -0.401. The summed E-state index contributed by atoms with van der Waals surface area (Å²) >= 11 is 15.0. The molecule has 0 aromatic heterocycles. The number of benzene rings is 2. The van der Waals surface area contributed by atoms with Crippen molar-refractivity contribution in [2.45, 2.75) is 52.0 Å². The molecule has 9 heteroatoms. The summed E-state index contributed by atoms with van der Waals surface area (Å²) < 4.78 is 6.54. The minimum absolute atomic E-state index is 0.0979. The van der Waals surface area contributed by atoms with Crippen molar-refractivity contribution in [3.8, 4) is 5.75 Å². The van der Waals surface area contributed by atoms with Crippen LogP contribution in [0.15, 0.2) is 40.9 Å². The fourth-order valence-electron chi connectivity index (χ4n) is 3.68. The highest BCUT2D eigenvalue weighted by atomic mass is 79.9. The van der Waals surface area contributed by atoms with Crippen LogP contribution in [0.1, 0.15) is 66.7 Å². The molecule has 0 atom stereocenters. The second-order valence-electron chi connectivity index (χ2n) is 8.76. The van der Waals surface area contributed by atoms with E-state index in [0.717, 1.165) is 30.2 Å². The molecule has 0 radical (unpaired) electrons. The van der Waals surface area contributed by atoms with E-state index in [4.69, 9.17) is 28.6 Å². The number of ether oxygens (including phenoxy) is 1. The Labute approximate surface area is 219 Å². The molecule has 34 heavy (non-hydrogen) atoms. The fraction of sp³-hybridized carbons (Fsp3) is 0.400. The largest absolute Gasteiger partial charge is 0.492 e. The van der Waals surface area contributed by atoms with Crippen molar-refractivity contribution in [1.82, 2.24) is 10.6 Å². The number of anilines is 1. The first-order valence-corrected chi connectivity index (χ1v) is 13.0. The van der Waals surface area contributed by atoms with Gasteiger partial charge in [-0.25, -0.2) is 0 Å². The highest BCUT2D eigenvalue weighted by Gasteiger charge is 2.19. The minimum Gasteiger partial charge on any atom is -0.492 e. The van der Waals surface area contributed by atoms with Crippen molar-refractivity contribution in [2.24, 2.45) is 5.92 Å². The molecule has 2 aromatic rings. The van der Waals surface area contributed by atoms with Crippen LogP contribution in [-0.2, 0) is 0 Å². The molecular weight excluding hydrogens is 538 g/mol. The third-order valence-corrected chi connectivity index (χ3v) is 6.42. The monoisotopic (exact) mass is 565 g/mol. The van der Waals surface area contributed by atoms with Gasteiger partial charge in [0.25, 0.3) is 11.8 Å². The molecule has 0 heterocycles. The molecule has 3 N–H and O–H groups in total. The van der Waals surface area contributed by atoms with Gasteiger partial charge in [0.05, 0.1) is 22.8 Å². The third-order valence-electron chi connectivity index (χ3n) is 5.39. The van der Waals surface area contributed by atoms with E-state index in [1.165, 1.54) is 6.42 Å². The van der Waals surface area contributed by atoms with Crippen LogP contribution < -0.4 is 20.7 Å². The third kappa shape index (κ3) is 7.68. The number of thiocarbonyl (C=S) groups is 1. The fourth-order valence-corrected chi connectivity index (χ4v) is 4.46. The van der Waals surface area contributed by atoms with E-state index in [1.54, 1.807) is 30.3 Å². The van der Waals surface area contributed by atoms with Crippen molar-refractivity contribution in [2.75, 3.05) is 11.9 Å². The second-order valence-corrected chi connectivity index (χ2v) is 10.5. The van der Waals surface area contributed by atoms with Gasteiger partial charge in [0.15, 0.2) is 5.11 Å². The molecular formula is C25H29BrClN3O3S. The van der Waals surface area contributed by atoms with Crippen LogP contribution in [0.2, 0.25) is 5.02 Å². The first-order chi connectivity index (χ1) is 16.2. The summed E-state index contributed by atoms with van der Waals surface area (Å²) in [6, 6.07) is 10.4. The lowest BCUT2D eigenvalue weighted by Gasteiger charge is -2.23. The van der Waals surface area contributed by atoms with Crippen LogP contribution in [0.3, 0.4) is 0 Å². The molecule has 182 valence electrons. The lowest BCUT2D eigenvalue weighted by Crippen LogP contribution is -2.36. The number of carbonyl (C=O) groups is 2. The SMILES string of the molecule is CC(C)COc1ccc(Br)cc1C(=O)NC(=S)Nc1ccc(Cl)c(C(=O)NC2CCCCC2)c1. The summed E-state index contributed by atoms with van der Waals surface area (Å²) in [5.41, 5.74) is 1.28. The molecule has 2 aromatic carbocycles. The normalized spacial score (nSPS) is 13.9. The number of rotatable bonds is 7. The molecule has 0 saturated heterocycles. The van der Waals surface area contributed by atoms with Crippen LogP contribution in [-0.4, -0.2) is 29.6 Å². The highest BCUT2D eigenvalue weighted by molar-refractivity contribution is 9.10. The van der Waals surface area contributed by atoms with Crippen molar-refractivity contribution in [3.63, 3.8) is 0 Å². The molecule has 1 saturated carbocycles. The van der Waals surface area contributed by atoms with Crippen molar-refractivity contribution in [1.29, 1.82) is 0 Å². The van der Waals surface area contributed by atoms with Crippen molar-refractivity contribution >= 4 is 62.4 Å². The number of hydrogen-bond acceptors (Lipinski definition) is 4. The quantitative estimate of drug-likeness (QED) is 0.342. The van der Waals surface area contributed by atoms with E-state index in [2.05, 4.69) is 31.9 Å². The standard InChI is InChI=1S/C25H29BrClN3O3S/c1-15(2)14-33-22-11-8-16(26)12-20(22)24(32)30-25(34)29-18-9-10-21(27)19(13-18)23(31)28-17-6-4-3-5-7-17/h8-13,15,17H,3-7,14H2,1-2H3,(H,28,31)(H2,29,30,32,34). The maximum absolute atomic E-state index is 12.9. The van der Waals surface area contributed by atoms with E-state index in [9.17, 15) is 9.59 Å². The maximum atomic E-state index is 12.9. The Morgan fingerprint density at radius 3 is 2.53 bits per heavy atom. The van der Waals surface area contributed by atoms with Crippen LogP contribution in [0.5, 0.6) is 5.75 Å². The predicted molar refractivity (Wildman–Crippen MR) is 144 cm³/mol. The molecule has 1 aliphatic rings. The zero-order chi connectivity index (χ0) is 24.7. The smallest absolute Gasteiger partial charge is 0.261 e. The Hall–Kier alpha value is -2.16. The topological polar surface area (TPSA) is 79.5 Å². The molecule has 3 rings (SSSR count). The second kappa shape index (κ2) is 12.5. The van der Waals surface area contributed by atoms with Crippen LogP contribution in [0.4, 0.5) is 5.69 Å². The van der Waals surface area contributed by atoms with E-state index in [0.29, 0.717) is 40.1 Å². The number of halogens is 2. The Morgan fingerprint density at radius 2 is 1.82 bits per heavy atom. The van der Waals surface area contributed by atoms with Gasteiger partial charge < -0.3 is 15.4 Å². The average molecular weight is 567 g/mol. The lowest BCUT2D eigenvalue weighted by molar-refractivity contribution is 0.0926. The molecule has 1 fully saturated rings. The van der Waals surface area contributed by atoms with Crippen LogP contribution in [0.25, 0.3) is 0 Å². The molecule has 6 nitrogen and oxygen atoms in total. The van der Waals surface area contributed by atoms with Gasteiger partial charge in [-0.2, -0.15) is 0 Å². The summed E-state index contributed by atoms with van der Waals surface area (Å²) in [4.78, 5) is 25.7. The van der Waals surface area contributed by atoms with Crippen molar-refractivity contribution in [3.05, 3.63) is 57.0 Å². The summed E-state index contributed by atoms with van der Waals surface area (Å²) in [6.45, 7) is 4.56. The molecule has 1 aliphatic carbocycles. The van der Waals surface area contributed by atoms with Crippen LogP contribution in [0, 0.1) is 5.92 Å². The predicted octanol–water partition coefficient (Wildman–Crippen LogP) is 6.33. The van der Waals surface area contributed by atoms with E-state index >= 15 is 0 Å². The summed E-state index contributed by atoms with van der Waals surface area (Å²) in [6.07, 6.45) is 5.42. The first kappa shape index (κ1) is 26.4. The van der Waals surface area contributed by atoms with E-state index < -0.39 is 5.91 Å². The zero-order valence-electron chi connectivity index (χ0n) is 19.3. The number of carbonyl (C=O) groups excluding carboxylic acids is 2. The first-order valence-electron chi connectivity index (χ1n) is 11.4. The highest BCUT2D eigenvalue weighted by Crippen LogP contribution is 2.25. The molecule has 0 aliphatic heterocycles. The Morgan fingerprint density at radius 1 is 1.09 bits per heavy atom. The number of amides is 2. The summed E-state index contributed by atoms with van der Waals surface area (Å²) in [5, 5.41) is 9.16. The zero-order valence-corrected chi connectivity index (χ0v) is 22.4. The van der Waals surface area contributed by atoms with Gasteiger partial charge in [0.1, 0.15) is 5.75 Å². The Bertz CT molecular complexity index is 1060. The van der Waals surface area contributed by atoms with Gasteiger partial charge in [-0.15, -0.1) is 0 Å². The molecule has 2 amide bonds. The summed E-state index contributed by atoms with van der Waals surface area (Å²) in [5.74, 6) is 0.181.